The molecule has 0 amide bonds. The number of nitrogen functional groups attached to an aromatic ring is 1. The van der Waals surface area contributed by atoms with E-state index in [4.69, 9.17) is 22.1 Å². The number of ether oxygens (including phenoxy) is 1. The van der Waals surface area contributed by atoms with E-state index in [-0.39, 0.29) is 0 Å². The number of hydrogen-bond acceptors (Lipinski definition) is 3. The lowest BCUT2D eigenvalue weighted by atomic mass is 10.2. The van der Waals surface area contributed by atoms with Crippen LogP contribution in [-0.4, -0.2) is 11.6 Å². The molecule has 0 fully saturated rings. The predicted molar refractivity (Wildman–Crippen MR) is 58.9 cm³/mol. The average molecular weight is 215 g/mol. The fraction of sp³-hybridized carbons (Fsp3) is 0.500. The third-order valence-electron chi connectivity index (χ3n) is 2.02. The van der Waals surface area contributed by atoms with Crippen LogP contribution in [0, 0.1) is 6.92 Å². The van der Waals surface area contributed by atoms with Gasteiger partial charge in [-0.3, -0.25) is 0 Å². The molecule has 0 saturated carbocycles. The van der Waals surface area contributed by atoms with Crippen molar-refractivity contribution in [2.75, 3.05) is 12.3 Å². The van der Waals surface area contributed by atoms with Gasteiger partial charge in [-0.05, 0) is 6.92 Å². The molecular formula is C10H15ClN2O. The van der Waals surface area contributed by atoms with Crippen LogP contribution in [-0.2, 0) is 6.42 Å². The molecule has 2 rings (SSSR count). The smallest absolute Gasteiger partial charge is 0.159 e. The zero-order chi connectivity index (χ0) is 10.7. The summed E-state index contributed by atoms with van der Waals surface area (Å²) in [4.78, 5) is 4.18. The zero-order valence-corrected chi connectivity index (χ0v) is 9.48. The maximum atomic E-state index is 6.00. The van der Waals surface area contributed by atoms with Crippen LogP contribution in [0.15, 0.2) is 0 Å². The Hall–Kier alpha value is -0.960. The van der Waals surface area contributed by atoms with Crippen molar-refractivity contribution in [2.24, 2.45) is 0 Å². The van der Waals surface area contributed by atoms with Gasteiger partial charge in [0, 0.05) is 12.0 Å². The number of nitrogens with zero attached hydrogens (tertiary/aromatic N) is 1. The van der Waals surface area contributed by atoms with Crippen molar-refractivity contribution < 1.29 is 4.74 Å². The number of fused-ring (bicyclic) bond motifs is 1. The number of aromatic nitrogens is 1. The summed E-state index contributed by atoms with van der Waals surface area (Å²) >= 11 is 6.00. The Morgan fingerprint density at radius 3 is 2.71 bits per heavy atom. The molecule has 0 atom stereocenters. The minimum atomic E-state index is 0.504. The molecule has 1 aromatic rings. The van der Waals surface area contributed by atoms with Gasteiger partial charge in [0.25, 0.3) is 0 Å². The first-order chi connectivity index (χ1) is 6.70. The number of pyridine rings is 1. The molecule has 1 aliphatic heterocycles. The van der Waals surface area contributed by atoms with E-state index in [1.165, 1.54) is 0 Å². The fourth-order valence-corrected chi connectivity index (χ4v) is 1.52. The number of hydrogen-bond donors (Lipinski definition) is 1. The molecule has 0 aromatic carbocycles. The van der Waals surface area contributed by atoms with E-state index in [2.05, 4.69) is 4.98 Å². The molecule has 14 heavy (non-hydrogen) atoms. The van der Waals surface area contributed by atoms with Crippen LogP contribution in [0.4, 0.5) is 5.82 Å². The highest BCUT2D eigenvalue weighted by Crippen LogP contribution is 2.36. The van der Waals surface area contributed by atoms with Gasteiger partial charge in [-0.15, -0.1) is 0 Å². The number of anilines is 1. The molecule has 3 nitrogen and oxygen atoms in total. The second kappa shape index (κ2) is 4.51. The SMILES string of the molecule is CC.Cc1c(N)nc2c(c1Cl)OCC2. The van der Waals surface area contributed by atoms with Gasteiger partial charge >= 0.3 is 0 Å². The molecule has 0 radical (unpaired) electrons. The van der Waals surface area contributed by atoms with Gasteiger partial charge in [0.1, 0.15) is 5.82 Å². The normalized spacial score (nSPS) is 12.6. The van der Waals surface area contributed by atoms with Gasteiger partial charge in [-0.2, -0.15) is 0 Å². The largest absolute Gasteiger partial charge is 0.490 e. The maximum absolute atomic E-state index is 6.00. The highest BCUT2D eigenvalue weighted by atomic mass is 35.5. The maximum Gasteiger partial charge on any atom is 0.159 e. The lowest BCUT2D eigenvalue weighted by Gasteiger charge is -2.06. The van der Waals surface area contributed by atoms with E-state index in [0.717, 1.165) is 17.7 Å². The number of halogens is 1. The van der Waals surface area contributed by atoms with Crippen molar-refractivity contribution in [2.45, 2.75) is 27.2 Å². The van der Waals surface area contributed by atoms with Crippen LogP contribution in [0.1, 0.15) is 25.1 Å². The standard InChI is InChI=1S/C8H9ClN2O.C2H6/c1-4-6(9)7-5(2-3-12-7)11-8(4)10;1-2/h2-3H2,1H3,(H2,10,11);1-2H3. The van der Waals surface area contributed by atoms with Crippen molar-refractivity contribution in [1.29, 1.82) is 0 Å². The molecule has 0 spiro atoms. The van der Waals surface area contributed by atoms with Gasteiger partial charge in [-0.25, -0.2) is 4.98 Å². The summed E-state index contributed by atoms with van der Waals surface area (Å²) in [6, 6.07) is 0. The average Bonchev–Trinajstić information content (AvgIpc) is 2.65. The highest BCUT2D eigenvalue weighted by molar-refractivity contribution is 6.33. The van der Waals surface area contributed by atoms with Crippen molar-refractivity contribution >= 4 is 17.4 Å². The molecule has 2 heterocycles. The predicted octanol–water partition coefficient (Wildman–Crippen LogP) is 2.59. The molecule has 0 unspecified atom stereocenters. The monoisotopic (exact) mass is 214 g/mol. The lowest BCUT2D eigenvalue weighted by molar-refractivity contribution is 0.357. The van der Waals surface area contributed by atoms with Crippen LogP contribution >= 0.6 is 11.6 Å². The second-order valence-corrected chi connectivity index (χ2v) is 3.19. The van der Waals surface area contributed by atoms with Crippen LogP contribution in [0.3, 0.4) is 0 Å². The van der Waals surface area contributed by atoms with Gasteiger partial charge < -0.3 is 10.5 Å². The zero-order valence-electron chi connectivity index (χ0n) is 8.72. The van der Waals surface area contributed by atoms with Crippen molar-refractivity contribution in [1.82, 2.24) is 4.98 Å². The minimum Gasteiger partial charge on any atom is -0.490 e. The molecule has 1 aliphatic rings. The van der Waals surface area contributed by atoms with Gasteiger partial charge in [-0.1, -0.05) is 25.4 Å². The van der Waals surface area contributed by atoms with Crippen molar-refractivity contribution in [3.8, 4) is 5.75 Å². The quantitative estimate of drug-likeness (QED) is 0.722. The van der Waals surface area contributed by atoms with Crippen LogP contribution in [0.2, 0.25) is 5.02 Å². The van der Waals surface area contributed by atoms with Crippen LogP contribution < -0.4 is 10.5 Å². The van der Waals surface area contributed by atoms with Crippen LogP contribution in [0.25, 0.3) is 0 Å². The van der Waals surface area contributed by atoms with E-state index < -0.39 is 0 Å². The van der Waals surface area contributed by atoms with Gasteiger partial charge in [0.15, 0.2) is 5.75 Å². The topological polar surface area (TPSA) is 48.1 Å². The van der Waals surface area contributed by atoms with E-state index in [1.54, 1.807) is 0 Å². The van der Waals surface area contributed by atoms with Crippen LogP contribution in [0.5, 0.6) is 5.75 Å². The Kier molecular flexibility index (Phi) is 3.58. The summed E-state index contributed by atoms with van der Waals surface area (Å²) in [5.41, 5.74) is 7.32. The van der Waals surface area contributed by atoms with Gasteiger partial charge in [0.2, 0.25) is 0 Å². The third kappa shape index (κ3) is 1.77. The summed E-state index contributed by atoms with van der Waals surface area (Å²) in [7, 11) is 0. The Labute approximate surface area is 89.2 Å². The third-order valence-corrected chi connectivity index (χ3v) is 2.47. The molecule has 0 saturated heterocycles. The molecular weight excluding hydrogens is 200 g/mol. The first kappa shape index (κ1) is 11.1. The van der Waals surface area contributed by atoms with Gasteiger partial charge in [0.05, 0.1) is 17.3 Å². The lowest BCUT2D eigenvalue weighted by Crippen LogP contribution is -1.97. The molecule has 2 N–H and O–H groups in total. The fourth-order valence-electron chi connectivity index (χ4n) is 1.26. The molecule has 1 aromatic heterocycles. The van der Waals surface area contributed by atoms with E-state index in [0.29, 0.717) is 23.2 Å². The molecule has 78 valence electrons. The summed E-state index contributed by atoms with van der Waals surface area (Å²) in [5.74, 6) is 1.22. The Morgan fingerprint density at radius 1 is 1.43 bits per heavy atom. The Balaban J connectivity index is 0.000000461. The summed E-state index contributed by atoms with van der Waals surface area (Å²) < 4.78 is 5.32. The minimum absolute atomic E-state index is 0.504. The Bertz CT molecular complexity index is 339. The molecule has 0 bridgehead atoms. The summed E-state index contributed by atoms with van der Waals surface area (Å²) in [6.07, 6.45) is 0.805. The Morgan fingerprint density at radius 2 is 2.07 bits per heavy atom. The number of rotatable bonds is 0. The van der Waals surface area contributed by atoms with E-state index in [1.807, 2.05) is 20.8 Å². The summed E-state index contributed by atoms with van der Waals surface area (Å²) in [5, 5.41) is 0.606. The highest BCUT2D eigenvalue weighted by Gasteiger charge is 2.20. The first-order valence-electron chi connectivity index (χ1n) is 4.77. The van der Waals surface area contributed by atoms with Crippen molar-refractivity contribution in [3.05, 3.63) is 16.3 Å². The van der Waals surface area contributed by atoms with Crippen molar-refractivity contribution in [3.63, 3.8) is 0 Å². The second-order valence-electron chi connectivity index (χ2n) is 2.81. The summed E-state index contributed by atoms with van der Waals surface area (Å²) in [6.45, 7) is 6.50. The number of nitrogens with two attached hydrogens (primary N) is 1. The van der Waals surface area contributed by atoms with E-state index in [9.17, 15) is 0 Å². The van der Waals surface area contributed by atoms with E-state index >= 15 is 0 Å². The first-order valence-corrected chi connectivity index (χ1v) is 5.15. The molecule has 0 aliphatic carbocycles. The molecule has 4 heteroatoms.